The molecule has 1 aromatic rings. The van der Waals surface area contributed by atoms with Crippen molar-refractivity contribution in [2.45, 2.75) is 34.6 Å². The normalized spacial score (nSPS) is 9.37. The molecule has 0 bridgehead atoms. The highest BCUT2D eigenvalue weighted by Crippen LogP contribution is 2.23. The molecule has 0 amide bonds. The molecule has 0 unspecified atom stereocenters. The molecule has 1 aromatic carbocycles. The van der Waals surface area contributed by atoms with E-state index in [1.54, 1.807) is 0 Å². The minimum Gasteiger partial charge on any atom is -0.489 e. The average molecular weight is 325 g/mol. The van der Waals surface area contributed by atoms with Crippen molar-refractivity contribution in [1.82, 2.24) is 0 Å². The average Bonchev–Trinajstić information content (AvgIpc) is 2.32. The third kappa shape index (κ3) is 7.89. The van der Waals surface area contributed by atoms with Crippen molar-refractivity contribution in [3.8, 4) is 5.75 Å². The van der Waals surface area contributed by atoms with Crippen LogP contribution in [0.25, 0.3) is 0 Å². The SMILES string of the molecule is C=C(C)CBr.C=C(C)COc1cc(C)cc(C)c1C. The summed E-state index contributed by atoms with van der Waals surface area (Å²) in [5, 5.41) is 0.924. The Morgan fingerprint density at radius 2 is 1.63 bits per heavy atom. The summed E-state index contributed by atoms with van der Waals surface area (Å²) in [5.41, 5.74) is 5.96. The van der Waals surface area contributed by atoms with E-state index in [2.05, 4.69) is 62.0 Å². The van der Waals surface area contributed by atoms with Gasteiger partial charge in [-0.2, -0.15) is 0 Å². The van der Waals surface area contributed by atoms with Gasteiger partial charge in [-0.15, -0.1) is 0 Å². The Balaban J connectivity index is 0.000000555. The zero-order valence-electron chi connectivity index (χ0n) is 12.8. The highest BCUT2D eigenvalue weighted by molar-refractivity contribution is 9.09. The first-order valence-electron chi connectivity index (χ1n) is 6.33. The Hall–Kier alpha value is -1.02. The fourth-order valence-corrected chi connectivity index (χ4v) is 1.35. The van der Waals surface area contributed by atoms with Crippen LogP contribution in [0.5, 0.6) is 5.75 Å². The molecule has 1 nitrogen and oxygen atoms in total. The first-order chi connectivity index (χ1) is 8.77. The van der Waals surface area contributed by atoms with Crippen molar-refractivity contribution in [3.63, 3.8) is 0 Å². The molecule has 1 rings (SSSR count). The standard InChI is InChI=1S/C13H18O.C4H7Br/c1-9(2)8-14-13-7-10(3)6-11(4)12(13)5;1-4(2)3-5/h6-7H,1,8H2,2-5H3;1,3H2,2H3. The van der Waals surface area contributed by atoms with Gasteiger partial charge in [0.2, 0.25) is 0 Å². The van der Waals surface area contributed by atoms with Crippen LogP contribution in [0.1, 0.15) is 30.5 Å². The maximum atomic E-state index is 5.66. The molecule has 0 saturated carbocycles. The lowest BCUT2D eigenvalue weighted by Crippen LogP contribution is -2.00. The van der Waals surface area contributed by atoms with Crippen LogP contribution < -0.4 is 4.74 Å². The lowest BCUT2D eigenvalue weighted by molar-refractivity contribution is 0.349. The van der Waals surface area contributed by atoms with E-state index < -0.39 is 0 Å². The Bertz CT molecular complexity index is 447. The van der Waals surface area contributed by atoms with Gasteiger partial charge in [0.15, 0.2) is 0 Å². The maximum Gasteiger partial charge on any atom is 0.123 e. The number of alkyl halides is 1. The van der Waals surface area contributed by atoms with Gasteiger partial charge in [-0.05, 0) is 62.9 Å². The number of rotatable bonds is 4. The smallest absolute Gasteiger partial charge is 0.123 e. The number of ether oxygens (including phenoxy) is 1. The van der Waals surface area contributed by atoms with Crippen molar-refractivity contribution in [2.24, 2.45) is 0 Å². The predicted molar refractivity (Wildman–Crippen MR) is 89.6 cm³/mol. The zero-order chi connectivity index (χ0) is 15.0. The summed E-state index contributed by atoms with van der Waals surface area (Å²) >= 11 is 3.21. The van der Waals surface area contributed by atoms with Gasteiger partial charge in [-0.3, -0.25) is 0 Å². The van der Waals surface area contributed by atoms with Crippen LogP contribution in [-0.4, -0.2) is 11.9 Å². The molecule has 0 aliphatic heterocycles. The van der Waals surface area contributed by atoms with Crippen LogP contribution in [0.15, 0.2) is 36.4 Å². The second-order valence-electron chi connectivity index (χ2n) is 5.04. The number of allylic oxidation sites excluding steroid dienone is 1. The highest BCUT2D eigenvalue weighted by atomic mass is 79.9. The number of aryl methyl sites for hydroxylation is 2. The molecule has 0 atom stereocenters. The fourth-order valence-electron chi connectivity index (χ4n) is 1.35. The second-order valence-corrected chi connectivity index (χ2v) is 5.60. The third-order valence-corrected chi connectivity index (χ3v) is 3.42. The molecule has 0 saturated heterocycles. The van der Waals surface area contributed by atoms with Gasteiger partial charge in [-0.25, -0.2) is 0 Å². The molecular weight excluding hydrogens is 300 g/mol. The number of hydrogen-bond acceptors (Lipinski definition) is 1. The predicted octanol–water partition coefficient (Wildman–Crippen LogP) is 5.52. The summed E-state index contributed by atoms with van der Waals surface area (Å²) < 4.78 is 5.66. The van der Waals surface area contributed by atoms with Gasteiger partial charge in [0.05, 0.1) is 0 Å². The number of hydrogen-bond donors (Lipinski definition) is 0. The van der Waals surface area contributed by atoms with E-state index in [0.29, 0.717) is 6.61 Å². The van der Waals surface area contributed by atoms with E-state index in [0.717, 1.165) is 16.7 Å². The van der Waals surface area contributed by atoms with Gasteiger partial charge in [-0.1, -0.05) is 40.7 Å². The topological polar surface area (TPSA) is 9.23 Å². The highest BCUT2D eigenvalue weighted by Gasteiger charge is 2.03. The van der Waals surface area contributed by atoms with Gasteiger partial charge >= 0.3 is 0 Å². The number of benzene rings is 1. The molecule has 0 spiro atoms. The molecule has 0 fully saturated rings. The van der Waals surface area contributed by atoms with Crippen molar-refractivity contribution < 1.29 is 4.74 Å². The van der Waals surface area contributed by atoms with E-state index >= 15 is 0 Å². The van der Waals surface area contributed by atoms with Crippen molar-refractivity contribution in [3.05, 3.63) is 53.1 Å². The molecule has 0 aliphatic rings. The maximum absolute atomic E-state index is 5.66. The van der Waals surface area contributed by atoms with E-state index in [9.17, 15) is 0 Å². The lowest BCUT2D eigenvalue weighted by atomic mass is 10.1. The first-order valence-corrected chi connectivity index (χ1v) is 7.45. The third-order valence-electron chi connectivity index (χ3n) is 2.47. The summed E-state index contributed by atoms with van der Waals surface area (Å²) in [6.07, 6.45) is 0. The van der Waals surface area contributed by atoms with Crippen LogP contribution >= 0.6 is 15.9 Å². The van der Waals surface area contributed by atoms with E-state index in [4.69, 9.17) is 4.74 Å². The molecule has 2 heteroatoms. The fraction of sp³-hybridized carbons (Fsp3) is 0.412. The molecular formula is C17H25BrO. The minimum absolute atomic E-state index is 0.601. The monoisotopic (exact) mass is 324 g/mol. The largest absolute Gasteiger partial charge is 0.489 e. The Labute approximate surface area is 126 Å². The quantitative estimate of drug-likeness (QED) is 0.523. The zero-order valence-corrected chi connectivity index (χ0v) is 14.4. The van der Waals surface area contributed by atoms with E-state index in [1.165, 1.54) is 22.3 Å². The van der Waals surface area contributed by atoms with Gasteiger partial charge in [0.25, 0.3) is 0 Å². The second kappa shape index (κ2) is 8.98. The summed E-state index contributed by atoms with van der Waals surface area (Å²) in [6, 6.07) is 4.24. The van der Waals surface area contributed by atoms with Crippen LogP contribution in [0.2, 0.25) is 0 Å². The lowest BCUT2D eigenvalue weighted by Gasteiger charge is -2.12. The number of halogens is 1. The van der Waals surface area contributed by atoms with Crippen molar-refractivity contribution in [2.75, 3.05) is 11.9 Å². The summed E-state index contributed by atoms with van der Waals surface area (Å²) in [7, 11) is 0. The molecule has 106 valence electrons. The van der Waals surface area contributed by atoms with Crippen LogP contribution in [-0.2, 0) is 0 Å². The molecule has 0 aromatic heterocycles. The van der Waals surface area contributed by atoms with Crippen LogP contribution in [0.3, 0.4) is 0 Å². The van der Waals surface area contributed by atoms with Crippen LogP contribution in [0, 0.1) is 20.8 Å². The first kappa shape index (κ1) is 18.0. The summed E-state index contributed by atoms with van der Waals surface area (Å²) in [6.45, 7) is 18.3. The summed E-state index contributed by atoms with van der Waals surface area (Å²) in [5.74, 6) is 0.977. The van der Waals surface area contributed by atoms with Crippen molar-refractivity contribution >= 4 is 15.9 Å². The van der Waals surface area contributed by atoms with Gasteiger partial charge in [0, 0.05) is 5.33 Å². The van der Waals surface area contributed by atoms with Gasteiger partial charge < -0.3 is 4.74 Å². The minimum atomic E-state index is 0.601. The van der Waals surface area contributed by atoms with E-state index in [-0.39, 0.29) is 0 Å². The molecule has 0 radical (unpaired) electrons. The Kier molecular flexibility index (Phi) is 8.49. The van der Waals surface area contributed by atoms with Gasteiger partial charge in [0.1, 0.15) is 12.4 Å². The molecule has 0 heterocycles. The Morgan fingerprint density at radius 3 is 2.05 bits per heavy atom. The summed E-state index contributed by atoms with van der Waals surface area (Å²) in [4.78, 5) is 0. The molecule has 0 N–H and O–H groups in total. The van der Waals surface area contributed by atoms with Crippen molar-refractivity contribution in [1.29, 1.82) is 0 Å². The van der Waals surface area contributed by atoms with Crippen LogP contribution in [0.4, 0.5) is 0 Å². The van der Waals surface area contributed by atoms with E-state index in [1.807, 2.05) is 13.8 Å². The molecule has 19 heavy (non-hydrogen) atoms. The Morgan fingerprint density at radius 1 is 1.11 bits per heavy atom. The molecule has 0 aliphatic carbocycles.